The molecule has 6 heteroatoms. The molecule has 0 radical (unpaired) electrons. The molecule has 1 fully saturated rings. The Morgan fingerprint density at radius 1 is 1.31 bits per heavy atom. The summed E-state index contributed by atoms with van der Waals surface area (Å²) in [7, 11) is -4.57. The summed E-state index contributed by atoms with van der Waals surface area (Å²) in [4.78, 5) is -2.02. The van der Waals surface area contributed by atoms with E-state index in [1.165, 1.54) is 0 Å². The Morgan fingerprint density at radius 3 is 1.92 bits per heavy atom. The molecule has 0 aromatic heterocycles. The van der Waals surface area contributed by atoms with Crippen LogP contribution in [0.2, 0.25) is 0 Å². The van der Waals surface area contributed by atoms with Gasteiger partial charge in [-0.25, -0.2) is 8.42 Å². The van der Waals surface area contributed by atoms with Gasteiger partial charge < -0.3 is 9.66 Å². The van der Waals surface area contributed by atoms with E-state index in [1.54, 1.807) is 0 Å². The molecule has 4 nitrogen and oxygen atoms in total. The zero-order valence-electron chi connectivity index (χ0n) is 8.20. The Hall–Kier alpha value is 0.870. The number of aliphatic hydroxyl groups is 1. The molecule has 0 spiro atoms. The standard InChI is InChI=1S/C7H14O4S.Na/c1-6(2)3-4-7(8,5-6)12(9,10)11;/h8H,3-5H2,1-2H3,(H,9,10,11);/q;+1/p-1. The molecule has 0 aromatic rings. The van der Waals surface area contributed by atoms with Gasteiger partial charge in [0.15, 0.2) is 4.93 Å². The first kappa shape index (κ1) is 13.9. The third kappa shape index (κ3) is 2.91. The van der Waals surface area contributed by atoms with Crippen LogP contribution >= 0.6 is 0 Å². The minimum absolute atomic E-state index is 0. The van der Waals surface area contributed by atoms with Crippen molar-refractivity contribution < 1.29 is 47.6 Å². The fourth-order valence-corrected chi connectivity index (χ4v) is 2.59. The molecule has 0 aromatic carbocycles. The smallest absolute Gasteiger partial charge is 0.746 e. The van der Waals surface area contributed by atoms with E-state index >= 15 is 0 Å². The van der Waals surface area contributed by atoms with Gasteiger partial charge in [0.2, 0.25) is 0 Å². The van der Waals surface area contributed by atoms with Crippen molar-refractivity contribution in [3.05, 3.63) is 0 Å². The van der Waals surface area contributed by atoms with Gasteiger partial charge in [-0.1, -0.05) is 13.8 Å². The summed E-state index contributed by atoms with van der Waals surface area (Å²) in [5, 5.41) is 9.46. The zero-order chi connectivity index (χ0) is 9.62. The second-order valence-electron chi connectivity index (χ2n) is 4.24. The van der Waals surface area contributed by atoms with Crippen LogP contribution in [0.25, 0.3) is 0 Å². The van der Waals surface area contributed by atoms with E-state index < -0.39 is 15.1 Å². The molecule has 0 aliphatic heterocycles. The van der Waals surface area contributed by atoms with Gasteiger partial charge in [0.25, 0.3) is 0 Å². The summed E-state index contributed by atoms with van der Waals surface area (Å²) >= 11 is 0. The molecule has 1 atom stereocenters. The van der Waals surface area contributed by atoms with Gasteiger partial charge >= 0.3 is 29.6 Å². The minimum atomic E-state index is -4.57. The predicted molar refractivity (Wildman–Crippen MR) is 42.3 cm³/mol. The topological polar surface area (TPSA) is 77.4 Å². The average molecular weight is 216 g/mol. The van der Waals surface area contributed by atoms with E-state index in [0.717, 1.165) is 0 Å². The molecule has 1 unspecified atom stereocenters. The van der Waals surface area contributed by atoms with Gasteiger partial charge in [-0.2, -0.15) is 0 Å². The summed E-state index contributed by atoms with van der Waals surface area (Å²) in [6, 6.07) is 0. The maximum Gasteiger partial charge on any atom is 1.00 e. The van der Waals surface area contributed by atoms with Crippen LogP contribution in [0.1, 0.15) is 33.1 Å². The zero-order valence-corrected chi connectivity index (χ0v) is 11.0. The fraction of sp³-hybridized carbons (Fsp3) is 1.00. The van der Waals surface area contributed by atoms with Crippen LogP contribution < -0.4 is 29.6 Å². The Bertz CT molecular complexity index is 285. The number of hydrogen-bond donors (Lipinski definition) is 1. The Kier molecular flexibility index (Phi) is 4.04. The summed E-state index contributed by atoms with van der Waals surface area (Å²) < 4.78 is 31.9. The third-order valence-corrected chi connectivity index (χ3v) is 3.69. The van der Waals surface area contributed by atoms with Crippen molar-refractivity contribution in [2.24, 2.45) is 5.41 Å². The van der Waals surface area contributed by atoms with Gasteiger partial charge in [0.1, 0.15) is 10.1 Å². The third-order valence-electron chi connectivity index (χ3n) is 2.41. The molecule has 13 heavy (non-hydrogen) atoms. The fourth-order valence-electron chi connectivity index (χ4n) is 1.67. The van der Waals surface area contributed by atoms with E-state index in [-0.39, 0.29) is 47.8 Å². The number of hydrogen-bond acceptors (Lipinski definition) is 4. The Labute approximate surface area is 101 Å². The van der Waals surface area contributed by atoms with Crippen LogP contribution in [-0.2, 0) is 10.1 Å². The summed E-state index contributed by atoms with van der Waals surface area (Å²) in [5.74, 6) is 0. The number of rotatable bonds is 1. The van der Waals surface area contributed by atoms with Crippen molar-refractivity contribution in [2.45, 2.75) is 38.0 Å². The molecule has 1 rings (SSSR count). The maximum atomic E-state index is 10.6. The molecule has 0 amide bonds. The van der Waals surface area contributed by atoms with E-state index in [0.29, 0.717) is 6.42 Å². The Morgan fingerprint density at radius 2 is 1.77 bits per heavy atom. The normalized spacial score (nSPS) is 32.6. The van der Waals surface area contributed by atoms with Crippen LogP contribution in [0, 0.1) is 5.41 Å². The van der Waals surface area contributed by atoms with Crippen molar-refractivity contribution in [2.75, 3.05) is 0 Å². The first-order chi connectivity index (χ1) is 5.16. The van der Waals surface area contributed by atoms with E-state index in [1.807, 2.05) is 13.8 Å². The summed E-state index contributed by atoms with van der Waals surface area (Å²) in [6.07, 6.45) is 0.683. The summed E-state index contributed by atoms with van der Waals surface area (Å²) in [6.45, 7) is 3.69. The monoisotopic (exact) mass is 216 g/mol. The van der Waals surface area contributed by atoms with Crippen LogP contribution in [0.3, 0.4) is 0 Å². The van der Waals surface area contributed by atoms with Crippen molar-refractivity contribution in [1.29, 1.82) is 0 Å². The summed E-state index contributed by atoms with van der Waals surface area (Å²) in [5.41, 5.74) is -0.244. The molecule has 0 heterocycles. The van der Waals surface area contributed by atoms with Crippen LogP contribution in [0.5, 0.6) is 0 Å². The van der Waals surface area contributed by atoms with Crippen LogP contribution in [0.15, 0.2) is 0 Å². The van der Waals surface area contributed by atoms with Crippen molar-refractivity contribution >= 4 is 10.1 Å². The van der Waals surface area contributed by atoms with Gasteiger partial charge in [0.05, 0.1) is 0 Å². The largest absolute Gasteiger partial charge is 1.00 e. The quantitative estimate of drug-likeness (QED) is 0.386. The molecule has 1 aliphatic rings. The van der Waals surface area contributed by atoms with Gasteiger partial charge in [0, 0.05) is 0 Å². The van der Waals surface area contributed by atoms with E-state index in [9.17, 15) is 18.1 Å². The van der Waals surface area contributed by atoms with Gasteiger partial charge in [-0.05, 0) is 24.7 Å². The minimum Gasteiger partial charge on any atom is -0.746 e. The molecule has 1 saturated carbocycles. The van der Waals surface area contributed by atoms with E-state index in [2.05, 4.69) is 0 Å². The van der Waals surface area contributed by atoms with Crippen LogP contribution in [0.4, 0.5) is 0 Å². The van der Waals surface area contributed by atoms with E-state index in [4.69, 9.17) is 0 Å². The van der Waals surface area contributed by atoms with Crippen molar-refractivity contribution in [1.82, 2.24) is 0 Å². The maximum absolute atomic E-state index is 10.6. The molecule has 72 valence electrons. The second kappa shape index (κ2) is 3.79. The average Bonchev–Trinajstić information content (AvgIpc) is 2.05. The first-order valence-electron chi connectivity index (χ1n) is 3.84. The van der Waals surface area contributed by atoms with Crippen LogP contribution in [-0.4, -0.2) is 23.0 Å². The van der Waals surface area contributed by atoms with Gasteiger partial charge in [-0.15, -0.1) is 0 Å². The molecular formula is C7H13NaO4S. The van der Waals surface area contributed by atoms with Crippen molar-refractivity contribution in [3.63, 3.8) is 0 Å². The van der Waals surface area contributed by atoms with Crippen molar-refractivity contribution in [3.8, 4) is 0 Å². The SMILES string of the molecule is CC1(C)CCC(O)(S(=O)(=O)[O-])C1.[Na+]. The Balaban J connectivity index is 0.00000144. The van der Waals surface area contributed by atoms with Gasteiger partial charge in [-0.3, -0.25) is 0 Å². The molecule has 1 N–H and O–H groups in total. The molecular weight excluding hydrogens is 203 g/mol. The second-order valence-corrected chi connectivity index (χ2v) is 5.91. The molecule has 0 bridgehead atoms. The molecule has 0 saturated heterocycles. The first-order valence-corrected chi connectivity index (χ1v) is 5.25. The molecule has 1 aliphatic carbocycles. The predicted octanol–water partition coefficient (Wildman–Crippen LogP) is -2.57.